The number of nitrogens with zero attached hydrogens (tertiary/aromatic N) is 1. The minimum absolute atomic E-state index is 0.413. The first-order valence-corrected chi connectivity index (χ1v) is 8.59. The third kappa shape index (κ3) is 4.75. The van der Waals surface area contributed by atoms with E-state index in [4.69, 9.17) is 11.6 Å². The third-order valence-electron chi connectivity index (χ3n) is 4.03. The summed E-state index contributed by atoms with van der Waals surface area (Å²) < 4.78 is 0.880. The van der Waals surface area contributed by atoms with Gasteiger partial charge < -0.3 is 10.2 Å². The van der Waals surface area contributed by atoms with Gasteiger partial charge in [0.25, 0.3) is 0 Å². The molecule has 0 aromatic carbocycles. The lowest BCUT2D eigenvalue weighted by Crippen LogP contribution is -2.39. The Morgan fingerprint density at radius 3 is 3.00 bits per heavy atom. The van der Waals surface area contributed by atoms with Gasteiger partial charge in [-0.05, 0) is 64.9 Å². The first-order valence-electron chi connectivity index (χ1n) is 7.39. The predicted molar refractivity (Wildman–Crippen MR) is 85.2 cm³/mol. The molecule has 1 aliphatic rings. The molecule has 1 saturated heterocycles. The van der Waals surface area contributed by atoms with Crippen LogP contribution in [0.2, 0.25) is 4.34 Å². The highest BCUT2D eigenvalue weighted by Crippen LogP contribution is 2.26. The van der Waals surface area contributed by atoms with Gasteiger partial charge in [0.05, 0.1) is 4.34 Å². The van der Waals surface area contributed by atoms with Crippen molar-refractivity contribution >= 4 is 22.9 Å². The second kappa shape index (κ2) is 7.63. The monoisotopic (exact) mass is 300 g/mol. The quantitative estimate of drug-likeness (QED) is 0.787. The molecular formula is C15H25ClN2S. The Bertz CT molecular complexity index is 380. The Morgan fingerprint density at radius 2 is 2.32 bits per heavy atom. The van der Waals surface area contributed by atoms with E-state index < -0.39 is 0 Å². The Balaban J connectivity index is 1.63. The molecule has 1 fully saturated rings. The van der Waals surface area contributed by atoms with Gasteiger partial charge in [0.1, 0.15) is 0 Å². The summed E-state index contributed by atoms with van der Waals surface area (Å²) in [6.45, 7) is 8.18. The second-order valence-corrected chi connectivity index (χ2v) is 7.30. The summed E-state index contributed by atoms with van der Waals surface area (Å²) in [5, 5.41) is 3.59. The zero-order chi connectivity index (χ0) is 13.7. The van der Waals surface area contributed by atoms with Gasteiger partial charge in [0, 0.05) is 17.0 Å². The lowest BCUT2D eigenvalue weighted by molar-refractivity contribution is 0.158. The van der Waals surface area contributed by atoms with E-state index in [0.717, 1.165) is 16.9 Å². The van der Waals surface area contributed by atoms with Gasteiger partial charge in [0.2, 0.25) is 0 Å². The van der Waals surface area contributed by atoms with E-state index in [9.17, 15) is 0 Å². The third-order valence-corrected chi connectivity index (χ3v) is 5.45. The van der Waals surface area contributed by atoms with Crippen molar-refractivity contribution < 1.29 is 0 Å². The number of hydrogen-bond donors (Lipinski definition) is 1. The number of rotatable bonds is 6. The second-order valence-electron chi connectivity index (χ2n) is 5.55. The molecule has 2 unspecified atom stereocenters. The maximum absolute atomic E-state index is 5.97. The van der Waals surface area contributed by atoms with Crippen molar-refractivity contribution in [2.75, 3.05) is 19.6 Å². The molecule has 1 aromatic rings. The van der Waals surface area contributed by atoms with Gasteiger partial charge in [-0.3, -0.25) is 0 Å². The zero-order valence-corrected chi connectivity index (χ0v) is 13.6. The maximum atomic E-state index is 5.97. The fourth-order valence-corrected chi connectivity index (χ4v) is 3.84. The van der Waals surface area contributed by atoms with Crippen molar-refractivity contribution in [1.82, 2.24) is 10.2 Å². The van der Waals surface area contributed by atoms with E-state index in [2.05, 4.69) is 30.1 Å². The summed E-state index contributed by atoms with van der Waals surface area (Å²) >= 11 is 7.64. The van der Waals surface area contributed by atoms with Crippen LogP contribution in [-0.2, 0) is 0 Å². The van der Waals surface area contributed by atoms with E-state index in [-0.39, 0.29) is 0 Å². The number of likely N-dealkylation sites (tertiary alicyclic amines) is 1. The molecule has 1 aliphatic heterocycles. The van der Waals surface area contributed by atoms with E-state index in [1.807, 2.05) is 6.07 Å². The molecule has 2 heterocycles. The number of piperidine rings is 1. The molecule has 0 amide bonds. The molecule has 0 aliphatic carbocycles. The summed E-state index contributed by atoms with van der Waals surface area (Å²) in [5.41, 5.74) is 0. The van der Waals surface area contributed by atoms with Gasteiger partial charge in [-0.2, -0.15) is 0 Å². The van der Waals surface area contributed by atoms with Gasteiger partial charge >= 0.3 is 0 Å². The van der Waals surface area contributed by atoms with Crippen LogP contribution >= 0.6 is 22.9 Å². The maximum Gasteiger partial charge on any atom is 0.0931 e. The summed E-state index contributed by atoms with van der Waals surface area (Å²) in [6, 6.07) is 5.30. The van der Waals surface area contributed by atoms with Crippen LogP contribution in [-0.4, -0.2) is 30.6 Å². The van der Waals surface area contributed by atoms with Crippen LogP contribution in [0.5, 0.6) is 0 Å². The molecule has 0 bridgehead atoms. The van der Waals surface area contributed by atoms with Crippen molar-refractivity contribution in [3.8, 4) is 0 Å². The molecule has 4 heteroatoms. The molecular weight excluding hydrogens is 276 g/mol. The predicted octanol–water partition coefficient (Wildman–Crippen LogP) is 4.32. The number of hydrogen-bond acceptors (Lipinski definition) is 3. The molecule has 2 rings (SSSR count). The van der Waals surface area contributed by atoms with E-state index in [1.54, 1.807) is 11.3 Å². The highest BCUT2D eigenvalue weighted by Gasteiger charge is 2.17. The number of thiophene rings is 1. The molecule has 0 radical (unpaired) electrons. The smallest absolute Gasteiger partial charge is 0.0931 e. The Kier molecular flexibility index (Phi) is 6.14. The highest BCUT2D eigenvalue weighted by molar-refractivity contribution is 7.16. The molecule has 19 heavy (non-hydrogen) atoms. The lowest BCUT2D eigenvalue weighted by atomic mass is 10.0. The largest absolute Gasteiger partial charge is 0.309 e. The van der Waals surface area contributed by atoms with Crippen LogP contribution in [0.3, 0.4) is 0 Å². The van der Waals surface area contributed by atoms with Crippen LogP contribution in [0.4, 0.5) is 0 Å². The van der Waals surface area contributed by atoms with Crippen molar-refractivity contribution in [1.29, 1.82) is 0 Å². The van der Waals surface area contributed by atoms with E-state index in [0.29, 0.717) is 6.04 Å². The average molecular weight is 301 g/mol. The van der Waals surface area contributed by atoms with Gasteiger partial charge in [-0.1, -0.05) is 18.0 Å². The Morgan fingerprint density at radius 1 is 1.47 bits per heavy atom. The van der Waals surface area contributed by atoms with Gasteiger partial charge in [0.15, 0.2) is 0 Å². The molecule has 2 nitrogen and oxygen atoms in total. The first kappa shape index (κ1) is 15.3. The van der Waals surface area contributed by atoms with Crippen molar-refractivity contribution in [3.05, 3.63) is 21.3 Å². The molecule has 0 spiro atoms. The molecule has 1 aromatic heterocycles. The van der Waals surface area contributed by atoms with Crippen molar-refractivity contribution in [2.45, 2.75) is 51.6 Å². The summed E-state index contributed by atoms with van der Waals surface area (Å²) in [5.74, 6) is 0. The Hall–Kier alpha value is -0.0900. The van der Waals surface area contributed by atoms with Crippen LogP contribution in [0.1, 0.15) is 50.4 Å². The lowest BCUT2D eigenvalue weighted by Gasteiger charge is -2.33. The fourth-order valence-electron chi connectivity index (χ4n) is 2.75. The highest BCUT2D eigenvalue weighted by atomic mass is 35.5. The van der Waals surface area contributed by atoms with Crippen LogP contribution in [0, 0.1) is 0 Å². The SMILES string of the molecule is CC(NCCCN1CCCCC1C)c1ccc(Cl)s1. The molecule has 108 valence electrons. The first-order chi connectivity index (χ1) is 9.16. The minimum Gasteiger partial charge on any atom is -0.309 e. The van der Waals surface area contributed by atoms with Crippen LogP contribution in [0.25, 0.3) is 0 Å². The average Bonchev–Trinajstić information content (AvgIpc) is 2.83. The molecule has 1 N–H and O–H groups in total. The molecule has 2 atom stereocenters. The van der Waals surface area contributed by atoms with Gasteiger partial charge in [-0.15, -0.1) is 11.3 Å². The standard InChI is InChI=1S/C15H25ClN2S/c1-12-6-3-4-10-18(12)11-5-9-17-13(2)14-7-8-15(16)19-14/h7-8,12-13,17H,3-6,9-11H2,1-2H3. The zero-order valence-electron chi connectivity index (χ0n) is 12.0. The fraction of sp³-hybridized carbons (Fsp3) is 0.733. The van der Waals surface area contributed by atoms with Crippen LogP contribution < -0.4 is 5.32 Å². The normalized spacial score (nSPS) is 22.6. The van der Waals surface area contributed by atoms with E-state index in [1.165, 1.54) is 43.6 Å². The van der Waals surface area contributed by atoms with Crippen LogP contribution in [0.15, 0.2) is 12.1 Å². The number of nitrogens with one attached hydrogen (secondary N) is 1. The van der Waals surface area contributed by atoms with E-state index >= 15 is 0 Å². The Labute approximate surface area is 126 Å². The van der Waals surface area contributed by atoms with Gasteiger partial charge in [-0.25, -0.2) is 0 Å². The van der Waals surface area contributed by atoms with Crippen molar-refractivity contribution in [2.24, 2.45) is 0 Å². The number of halogens is 1. The summed E-state index contributed by atoms with van der Waals surface area (Å²) in [6.07, 6.45) is 5.39. The summed E-state index contributed by atoms with van der Waals surface area (Å²) in [7, 11) is 0. The topological polar surface area (TPSA) is 15.3 Å². The summed E-state index contributed by atoms with van der Waals surface area (Å²) in [4.78, 5) is 3.97. The van der Waals surface area contributed by atoms with Crippen molar-refractivity contribution in [3.63, 3.8) is 0 Å². The molecule has 0 saturated carbocycles. The minimum atomic E-state index is 0.413.